The van der Waals surface area contributed by atoms with E-state index in [1.54, 1.807) is 0 Å². The fourth-order valence-corrected chi connectivity index (χ4v) is 2.53. The first kappa shape index (κ1) is 12.2. The van der Waals surface area contributed by atoms with Crippen molar-refractivity contribution >= 4 is 16.9 Å². The van der Waals surface area contributed by atoms with E-state index in [0.717, 1.165) is 24.9 Å². The van der Waals surface area contributed by atoms with Crippen LogP contribution in [0.3, 0.4) is 0 Å². The Balaban J connectivity index is 1.63. The summed E-state index contributed by atoms with van der Waals surface area (Å²) in [6.07, 6.45) is 3.89. The quantitative estimate of drug-likeness (QED) is 0.808. The van der Waals surface area contributed by atoms with Crippen LogP contribution in [0.15, 0.2) is 30.5 Å². The predicted molar refractivity (Wildman–Crippen MR) is 73.7 cm³/mol. The van der Waals surface area contributed by atoms with Gasteiger partial charge in [-0.3, -0.25) is 4.79 Å². The van der Waals surface area contributed by atoms with E-state index in [4.69, 9.17) is 4.74 Å². The zero-order valence-electron chi connectivity index (χ0n) is 11.0. The second kappa shape index (κ2) is 4.70. The van der Waals surface area contributed by atoms with Crippen LogP contribution in [0.4, 0.5) is 0 Å². The maximum atomic E-state index is 11.6. The average molecular weight is 258 g/mol. The fourth-order valence-electron chi connectivity index (χ4n) is 2.53. The van der Waals surface area contributed by atoms with E-state index in [1.807, 2.05) is 18.3 Å². The number of hydrogen-bond donors (Lipinski definition) is 2. The summed E-state index contributed by atoms with van der Waals surface area (Å²) in [6, 6.07) is 8.23. The van der Waals surface area contributed by atoms with Crippen molar-refractivity contribution in [3.8, 4) is 0 Å². The first-order valence-electron chi connectivity index (χ1n) is 6.59. The van der Waals surface area contributed by atoms with Gasteiger partial charge in [0, 0.05) is 30.2 Å². The lowest BCUT2D eigenvalue weighted by Gasteiger charge is -2.13. The van der Waals surface area contributed by atoms with Crippen molar-refractivity contribution in [3.63, 3.8) is 0 Å². The number of aromatic amines is 1. The molecule has 1 aliphatic rings. The summed E-state index contributed by atoms with van der Waals surface area (Å²) in [5.41, 5.74) is 2.12. The van der Waals surface area contributed by atoms with Crippen LogP contribution < -0.4 is 5.32 Å². The van der Waals surface area contributed by atoms with Gasteiger partial charge in [0.1, 0.15) is 0 Å². The van der Waals surface area contributed by atoms with Gasteiger partial charge in [0.15, 0.2) is 0 Å². The van der Waals surface area contributed by atoms with Crippen molar-refractivity contribution in [2.24, 2.45) is 5.41 Å². The van der Waals surface area contributed by atoms with Crippen LogP contribution in [0.5, 0.6) is 0 Å². The first-order chi connectivity index (χ1) is 9.25. The number of H-pyrrole nitrogens is 1. The van der Waals surface area contributed by atoms with Crippen LogP contribution in [-0.4, -0.2) is 24.6 Å². The smallest absolute Gasteiger partial charge is 0.313 e. The lowest BCUT2D eigenvalue weighted by molar-refractivity contribution is -0.146. The summed E-state index contributed by atoms with van der Waals surface area (Å²) < 4.78 is 4.85. The molecule has 0 atom stereocenters. The number of ether oxygens (including phenoxy) is 1. The maximum absolute atomic E-state index is 11.6. The van der Waals surface area contributed by atoms with Crippen LogP contribution in [0.1, 0.15) is 18.4 Å². The maximum Gasteiger partial charge on any atom is 0.313 e. The molecule has 3 rings (SSSR count). The SMILES string of the molecule is COC(=O)C1(CNCc2c[nH]c3ccccc23)CC1. The van der Waals surface area contributed by atoms with Gasteiger partial charge in [-0.15, -0.1) is 0 Å². The van der Waals surface area contributed by atoms with Crippen LogP contribution in [-0.2, 0) is 16.1 Å². The Labute approximate surface area is 112 Å². The van der Waals surface area contributed by atoms with Crippen molar-refractivity contribution in [3.05, 3.63) is 36.0 Å². The topological polar surface area (TPSA) is 54.1 Å². The summed E-state index contributed by atoms with van der Waals surface area (Å²) in [5.74, 6) is -0.0843. The highest BCUT2D eigenvalue weighted by Gasteiger charge is 2.50. The van der Waals surface area contributed by atoms with Crippen molar-refractivity contribution in [1.82, 2.24) is 10.3 Å². The number of carbonyl (C=O) groups excluding carboxylic acids is 1. The number of fused-ring (bicyclic) bond motifs is 1. The fraction of sp³-hybridized carbons (Fsp3) is 0.400. The molecule has 1 aromatic heterocycles. The van der Waals surface area contributed by atoms with E-state index in [2.05, 4.69) is 22.4 Å². The van der Waals surface area contributed by atoms with E-state index < -0.39 is 0 Å². The molecule has 1 fully saturated rings. The Hall–Kier alpha value is -1.81. The molecule has 0 unspecified atom stereocenters. The standard InChI is InChI=1S/C15H18N2O2/c1-19-14(18)15(6-7-15)10-16-8-11-9-17-13-5-3-2-4-12(11)13/h2-5,9,16-17H,6-8,10H2,1H3. The number of rotatable bonds is 5. The van der Waals surface area contributed by atoms with Crippen LogP contribution in [0, 0.1) is 5.41 Å². The lowest BCUT2D eigenvalue weighted by Crippen LogP contribution is -2.30. The molecule has 1 aromatic carbocycles. The van der Waals surface area contributed by atoms with Gasteiger partial charge >= 0.3 is 5.97 Å². The predicted octanol–water partition coefficient (Wildman–Crippen LogP) is 2.21. The molecule has 100 valence electrons. The summed E-state index contributed by atoms with van der Waals surface area (Å²) in [6.45, 7) is 1.46. The number of nitrogens with one attached hydrogen (secondary N) is 2. The van der Waals surface area contributed by atoms with Gasteiger partial charge in [-0.25, -0.2) is 0 Å². The lowest BCUT2D eigenvalue weighted by atomic mass is 10.1. The van der Waals surface area contributed by atoms with Gasteiger partial charge in [0.25, 0.3) is 0 Å². The molecule has 2 aromatic rings. The van der Waals surface area contributed by atoms with Crippen molar-refractivity contribution < 1.29 is 9.53 Å². The summed E-state index contributed by atoms with van der Waals surface area (Å²) in [7, 11) is 1.46. The van der Waals surface area contributed by atoms with Crippen molar-refractivity contribution in [2.45, 2.75) is 19.4 Å². The second-order valence-corrected chi connectivity index (χ2v) is 5.23. The average Bonchev–Trinajstić information content (AvgIpc) is 3.13. The molecule has 4 nitrogen and oxygen atoms in total. The molecule has 0 bridgehead atoms. The van der Waals surface area contributed by atoms with Crippen molar-refractivity contribution in [2.75, 3.05) is 13.7 Å². The van der Waals surface area contributed by atoms with Gasteiger partial charge in [-0.05, 0) is 24.5 Å². The van der Waals surface area contributed by atoms with Gasteiger partial charge in [0.2, 0.25) is 0 Å². The highest BCUT2D eigenvalue weighted by Crippen LogP contribution is 2.46. The second-order valence-electron chi connectivity index (χ2n) is 5.23. The van der Waals surface area contributed by atoms with Crippen LogP contribution in [0.25, 0.3) is 10.9 Å². The third-order valence-corrected chi connectivity index (χ3v) is 3.93. The third kappa shape index (κ3) is 2.24. The molecule has 0 spiro atoms. The molecule has 0 amide bonds. The summed E-state index contributed by atoms with van der Waals surface area (Å²) in [5, 5.41) is 4.61. The van der Waals surface area contributed by atoms with E-state index in [1.165, 1.54) is 18.1 Å². The Kier molecular flexibility index (Phi) is 3.03. The number of benzene rings is 1. The number of hydrogen-bond acceptors (Lipinski definition) is 3. The third-order valence-electron chi connectivity index (χ3n) is 3.93. The van der Waals surface area contributed by atoms with Gasteiger partial charge < -0.3 is 15.0 Å². The van der Waals surface area contributed by atoms with Gasteiger partial charge in [-0.1, -0.05) is 18.2 Å². The molecule has 1 heterocycles. The zero-order chi connectivity index (χ0) is 13.3. The highest BCUT2D eigenvalue weighted by molar-refractivity contribution is 5.83. The largest absolute Gasteiger partial charge is 0.469 e. The number of methoxy groups -OCH3 is 1. The molecule has 1 aliphatic carbocycles. The van der Waals surface area contributed by atoms with Gasteiger partial charge in [-0.2, -0.15) is 0 Å². The first-order valence-corrected chi connectivity index (χ1v) is 6.59. The minimum atomic E-state index is -0.263. The Morgan fingerprint density at radius 1 is 1.42 bits per heavy atom. The van der Waals surface area contributed by atoms with E-state index in [-0.39, 0.29) is 11.4 Å². The molecule has 0 radical (unpaired) electrons. The van der Waals surface area contributed by atoms with E-state index >= 15 is 0 Å². The Morgan fingerprint density at radius 2 is 2.21 bits per heavy atom. The molecule has 0 aliphatic heterocycles. The number of para-hydroxylation sites is 1. The summed E-state index contributed by atoms with van der Waals surface area (Å²) in [4.78, 5) is 14.9. The molecule has 19 heavy (non-hydrogen) atoms. The molecular weight excluding hydrogens is 240 g/mol. The Morgan fingerprint density at radius 3 is 2.95 bits per heavy atom. The number of esters is 1. The number of aromatic nitrogens is 1. The number of carbonyl (C=O) groups is 1. The van der Waals surface area contributed by atoms with E-state index in [9.17, 15) is 4.79 Å². The molecule has 0 saturated heterocycles. The minimum absolute atomic E-state index is 0.0843. The molecular formula is C15H18N2O2. The van der Waals surface area contributed by atoms with Crippen molar-refractivity contribution in [1.29, 1.82) is 0 Å². The zero-order valence-corrected chi connectivity index (χ0v) is 11.0. The Bertz CT molecular complexity index is 599. The van der Waals surface area contributed by atoms with Crippen LogP contribution in [0.2, 0.25) is 0 Å². The van der Waals surface area contributed by atoms with Crippen LogP contribution >= 0.6 is 0 Å². The van der Waals surface area contributed by atoms with E-state index in [0.29, 0.717) is 6.54 Å². The molecule has 4 heteroatoms. The monoisotopic (exact) mass is 258 g/mol. The highest BCUT2D eigenvalue weighted by atomic mass is 16.5. The normalized spacial score (nSPS) is 16.5. The minimum Gasteiger partial charge on any atom is -0.469 e. The molecule has 1 saturated carbocycles. The van der Waals surface area contributed by atoms with Gasteiger partial charge in [0.05, 0.1) is 12.5 Å². The summed E-state index contributed by atoms with van der Waals surface area (Å²) >= 11 is 0. The molecule has 2 N–H and O–H groups in total.